The monoisotopic (exact) mass is 305 g/mol. The van der Waals surface area contributed by atoms with Gasteiger partial charge in [0.15, 0.2) is 6.61 Å². The van der Waals surface area contributed by atoms with Gasteiger partial charge in [-0.2, -0.15) is 0 Å². The number of benzene rings is 1. The van der Waals surface area contributed by atoms with Crippen LogP contribution in [-0.4, -0.2) is 30.8 Å². The van der Waals surface area contributed by atoms with E-state index < -0.39 is 0 Å². The van der Waals surface area contributed by atoms with Gasteiger partial charge in [-0.15, -0.1) is 0 Å². The van der Waals surface area contributed by atoms with E-state index in [2.05, 4.69) is 21.2 Å². The van der Waals surface area contributed by atoms with Crippen LogP contribution in [0.3, 0.4) is 0 Å². The Hall–Kier alpha value is -1.14. The van der Waals surface area contributed by atoms with Crippen LogP contribution < -0.4 is 10.1 Å². The van der Waals surface area contributed by atoms with Crippen molar-refractivity contribution >= 4 is 21.8 Å². The van der Waals surface area contributed by atoms with Crippen LogP contribution in [0.25, 0.3) is 0 Å². The molecule has 0 atom stereocenters. The van der Waals surface area contributed by atoms with Crippen molar-refractivity contribution in [1.82, 2.24) is 5.32 Å². The predicted molar refractivity (Wildman–Crippen MR) is 64.3 cm³/mol. The molecule has 1 rings (SSSR count). The standard InChI is InChI=1S/C11H13BrFNO3/c12-9-6-8(13)2-3-10(9)17-7-11(16)14-4-1-5-15/h2-3,6,15H,1,4-5,7H2,(H,14,16). The molecule has 94 valence electrons. The molecule has 0 aliphatic carbocycles. The van der Waals surface area contributed by atoms with Gasteiger partial charge in [0.25, 0.3) is 5.91 Å². The molecule has 0 heterocycles. The van der Waals surface area contributed by atoms with E-state index in [1.807, 2.05) is 0 Å². The first kappa shape index (κ1) is 13.9. The first-order valence-corrected chi connectivity index (χ1v) is 5.88. The number of halogens is 2. The topological polar surface area (TPSA) is 58.6 Å². The van der Waals surface area contributed by atoms with Crippen LogP contribution in [0.2, 0.25) is 0 Å². The Balaban J connectivity index is 2.37. The highest BCUT2D eigenvalue weighted by Crippen LogP contribution is 2.25. The Labute approximate surface area is 107 Å². The summed E-state index contributed by atoms with van der Waals surface area (Å²) >= 11 is 3.13. The van der Waals surface area contributed by atoms with E-state index in [0.717, 1.165) is 0 Å². The van der Waals surface area contributed by atoms with Crippen LogP contribution in [0.5, 0.6) is 5.75 Å². The Morgan fingerprint density at radius 1 is 1.53 bits per heavy atom. The number of hydrogen-bond acceptors (Lipinski definition) is 3. The summed E-state index contributed by atoms with van der Waals surface area (Å²) in [6, 6.07) is 3.96. The normalized spacial score (nSPS) is 10.1. The molecular weight excluding hydrogens is 293 g/mol. The zero-order valence-corrected chi connectivity index (χ0v) is 10.7. The van der Waals surface area contributed by atoms with Crippen molar-refractivity contribution in [2.45, 2.75) is 6.42 Å². The Morgan fingerprint density at radius 3 is 2.94 bits per heavy atom. The van der Waals surface area contributed by atoms with Gasteiger partial charge in [0.05, 0.1) is 4.47 Å². The largest absolute Gasteiger partial charge is 0.483 e. The molecule has 1 aromatic carbocycles. The van der Waals surface area contributed by atoms with Gasteiger partial charge in [-0.3, -0.25) is 4.79 Å². The SMILES string of the molecule is O=C(COc1ccc(F)cc1Br)NCCCO. The molecule has 0 spiro atoms. The summed E-state index contributed by atoms with van der Waals surface area (Å²) in [5.41, 5.74) is 0. The van der Waals surface area contributed by atoms with Crippen molar-refractivity contribution in [2.24, 2.45) is 0 Å². The van der Waals surface area contributed by atoms with Gasteiger partial charge in [-0.1, -0.05) is 0 Å². The third kappa shape index (κ3) is 5.14. The molecule has 0 saturated carbocycles. The van der Waals surface area contributed by atoms with Crippen LogP contribution in [-0.2, 0) is 4.79 Å². The minimum atomic E-state index is -0.378. The van der Waals surface area contributed by atoms with E-state index in [1.54, 1.807) is 0 Å². The van der Waals surface area contributed by atoms with Crippen LogP contribution in [0.4, 0.5) is 4.39 Å². The molecule has 0 aromatic heterocycles. The predicted octanol–water partition coefficient (Wildman–Crippen LogP) is 1.47. The Bertz CT molecular complexity index is 387. The lowest BCUT2D eigenvalue weighted by Gasteiger charge is -2.08. The van der Waals surface area contributed by atoms with Gasteiger partial charge in [0, 0.05) is 13.2 Å². The number of nitrogens with one attached hydrogen (secondary N) is 1. The molecule has 0 radical (unpaired) electrons. The number of carbonyl (C=O) groups excluding carboxylic acids is 1. The smallest absolute Gasteiger partial charge is 0.257 e. The summed E-state index contributed by atoms with van der Waals surface area (Å²) in [5.74, 6) is -0.255. The van der Waals surface area contributed by atoms with Gasteiger partial charge in [0.1, 0.15) is 11.6 Å². The molecule has 0 bridgehead atoms. The highest BCUT2D eigenvalue weighted by Gasteiger charge is 2.05. The summed E-state index contributed by atoms with van der Waals surface area (Å²) in [6.07, 6.45) is 0.506. The zero-order valence-electron chi connectivity index (χ0n) is 9.08. The lowest BCUT2D eigenvalue weighted by Crippen LogP contribution is -2.30. The third-order valence-electron chi connectivity index (χ3n) is 1.91. The van der Waals surface area contributed by atoms with E-state index >= 15 is 0 Å². The van der Waals surface area contributed by atoms with E-state index in [1.165, 1.54) is 18.2 Å². The van der Waals surface area contributed by atoms with Gasteiger partial charge in [-0.25, -0.2) is 4.39 Å². The van der Waals surface area contributed by atoms with Crippen molar-refractivity contribution in [2.75, 3.05) is 19.8 Å². The van der Waals surface area contributed by atoms with Gasteiger partial charge < -0.3 is 15.2 Å². The number of aliphatic hydroxyl groups excluding tert-OH is 1. The average Bonchev–Trinajstić information content (AvgIpc) is 2.28. The number of carbonyl (C=O) groups is 1. The number of hydrogen-bond donors (Lipinski definition) is 2. The lowest BCUT2D eigenvalue weighted by atomic mass is 10.3. The first-order valence-electron chi connectivity index (χ1n) is 5.09. The van der Waals surface area contributed by atoms with Gasteiger partial charge in [-0.05, 0) is 40.5 Å². The van der Waals surface area contributed by atoms with Crippen LogP contribution in [0.1, 0.15) is 6.42 Å². The minimum Gasteiger partial charge on any atom is -0.483 e. The molecule has 1 aromatic rings. The molecular formula is C11H13BrFNO3. The molecule has 0 aliphatic rings. The molecule has 17 heavy (non-hydrogen) atoms. The molecule has 0 saturated heterocycles. The summed E-state index contributed by atoms with van der Waals surface area (Å²) < 4.78 is 18.4. The van der Waals surface area contributed by atoms with Crippen LogP contribution >= 0.6 is 15.9 Å². The third-order valence-corrected chi connectivity index (χ3v) is 2.53. The summed E-state index contributed by atoms with van der Waals surface area (Å²) in [4.78, 5) is 11.3. The second-order valence-corrected chi connectivity index (χ2v) is 4.14. The molecule has 0 unspecified atom stereocenters. The summed E-state index contributed by atoms with van der Waals surface area (Å²) in [5, 5.41) is 11.1. The van der Waals surface area contributed by atoms with Gasteiger partial charge in [0.2, 0.25) is 0 Å². The summed E-state index contributed by atoms with van der Waals surface area (Å²) in [6.45, 7) is 0.295. The highest BCUT2D eigenvalue weighted by molar-refractivity contribution is 9.10. The van der Waals surface area contributed by atoms with Crippen LogP contribution in [0, 0.1) is 5.82 Å². The van der Waals surface area contributed by atoms with E-state index in [9.17, 15) is 9.18 Å². The maximum atomic E-state index is 12.8. The fourth-order valence-corrected chi connectivity index (χ4v) is 1.56. The molecule has 2 N–H and O–H groups in total. The molecule has 1 amide bonds. The maximum Gasteiger partial charge on any atom is 0.257 e. The number of rotatable bonds is 6. The van der Waals surface area contributed by atoms with E-state index in [-0.39, 0.29) is 24.9 Å². The molecule has 4 nitrogen and oxygen atoms in total. The minimum absolute atomic E-state index is 0.0324. The molecule has 0 fully saturated rings. The lowest BCUT2D eigenvalue weighted by molar-refractivity contribution is -0.123. The maximum absolute atomic E-state index is 12.8. The Morgan fingerprint density at radius 2 is 2.29 bits per heavy atom. The molecule has 0 aliphatic heterocycles. The number of ether oxygens (including phenoxy) is 1. The van der Waals surface area contributed by atoms with Crippen LogP contribution in [0.15, 0.2) is 22.7 Å². The first-order chi connectivity index (χ1) is 8.13. The average molecular weight is 306 g/mol. The number of aliphatic hydroxyl groups is 1. The van der Waals surface area contributed by atoms with Crippen molar-refractivity contribution in [3.05, 3.63) is 28.5 Å². The zero-order chi connectivity index (χ0) is 12.7. The van der Waals surface area contributed by atoms with E-state index in [0.29, 0.717) is 23.2 Å². The molecule has 6 heteroatoms. The Kier molecular flexibility index (Phi) is 5.93. The number of amides is 1. The highest BCUT2D eigenvalue weighted by atomic mass is 79.9. The van der Waals surface area contributed by atoms with Gasteiger partial charge >= 0.3 is 0 Å². The van der Waals surface area contributed by atoms with Crippen molar-refractivity contribution in [1.29, 1.82) is 0 Å². The van der Waals surface area contributed by atoms with Crippen molar-refractivity contribution in [3.8, 4) is 5.75 Å². The van der Waals surface area contributed by atoms with Crippen molar-refractivity contribution < 1.29 is 19.0 Å². The summed E-state index contributed by atoms with van der Waals surface area (Å²) in [7, 11) is 0. The van der Waals surface area contributed by atoms with Crippen molar-refractivity contribution in [3.63, 3.8) is 0 Å². The quantitative estimate of drug-likeness (QED) is 0.783. The van der Waals surface area contributed by atoms with E-state index in [4.69, 9.17) is 9.84 Å². The fraction of sp³-hybridized carbons (Fsp3) is 0.364. The second kappa shape index (κ2) is 7.24. The second-order valence-electron chi connectivity index (χ2n) is 3.29. The fourth-order valence-electron chi connectivity index (χ4n) is 1.09.